The predicted molar refractivity (Wildman–Crippen MR) is 103 cm³/mol. The Labute approximate surface area is 152 Å². The molecule has 0 aliphatic carbocycles. The van der Waals surface area contributed by atoms with Crippen LogP contribution >= 0.6 is 23.4 Å². The number of nitrogens with one attached hydrogen (secondary N) is 1. The fourth-order valence-electron chi connectivity index (χ4n) is 2.07. The summed E-state index contributed by atoms with van der Waals surface area (Å²) in [4.78, 5) is 11.8. The highest BCUT2D eigenvalue weighted by Gasteiger charge is 2.01. The minimum Gasteiger partial charge on any atom is -0.496 e. The molecule has 1 amide bonds. The van der Waals surface area contributed by atoms with Crippen LogP contribution in [0.25, 0.3) is 6.08 Å². The summed E-state index contributed by atoms with van der Waals surface area (Å²) in [5, 5.41) is 3.66. The van der Waals surface area contributed by atoms with E-state index in [0.717, 1.165) is 33.4 Å². The Morgan fingerprint density at radius 3 is 2.75 bits per heavy atom. The van der Waals surface area contributed by atoms with Crippen LogP contribution in [0.3, 0.4) is 0 Å². The number of hydrogen-bond acceptors (Lipinski definition) is 3. The van der Waals surface area contributed by atoms with E-state index in [1.807, 2.05) is 48.5 Å². The normalized spacial score (nSPS) is 10.8. The number of amides is 1. The maximum absolute atomic E-state index is 11.8. The molecule has 0 spiro atoms. The molecular weight excluding hydrogens is 342 g/mol. The summed E-state index contributed by atoms with van der Waals surface area (Å²) in [5.74, 6) is 2.31. The fraction of sp³-hybridized carbons (Fsp3) is 0.211. The van der Waals surface area contributed by atoms with E-state index >= 15 is 0 Å². The largest absolute Gasteiger partial charge is 0.496 e. The van der Waals surface area contributed by atoms with Gasteiger partial charge in [-0.2, -0.15) is 11.8 Å². The van der Waals surface area contributed by atoms with Crippen molar-refractivity contribution in [2.24, 2.45) is 0 Å². The Hall–Kier alpha value is -1.91. The van der Waals surface area contributed by atoms with Gasteiger partial charge in [-0.25, -0.2) is 0 Å². The van der Waals surface area contributed by atoms with Crippen molar-refractivity contribution in [2.75, 3.05) is 19.4 Å². The lowest BCUT2D eigenvalue weighted by molar-refractivity contribution is -0.116. The SMILES string of the molecule is COc1ccccc1/C=C/C(=O)NCCSCc1ccccc1Cl. The molecule has 0 heterocycles. The van der Waals surface area contributed by atoms with E-state index in [0.29, 0.717) is 6.54 Å². The van der Waals surface area contributed by atoms with Crippen LogP contribution in [0.2, 0.25) is 5.02 Å². The molecule has 1 N–H and O–H groups in total. The van der Waals surface area contributed by atoms with Crippen LogP contribution in [0.15, 0.2) is 54.6 Å². The van der Waals surface area contributed by atoms with Gasteiger partial charge in [0.05, 0.1) is 7.11 Å². The van der Waals surface area contributed by atoms with Crippen molar-refractivity contribution in [3.8, 4) is 5.75 Å². The van der Waals surface area contributed by atoms with Crippen molar-refractivity contribution in [3.05, 3.63) is 70.8 Å². The number of benzene rings is 2. The molecule has 0 fully saturated rings. The molecular formula is C19H20ClNO2S. The van der Waals surface area contributed by atoms with Crippen molar-refractivity contribution in [2.45, 2.75) is 5.75 Å². The minimum absolute atomic E-state index is 0.112. The monoisotopic (exact) mass is 361 g/mol. The lowest BCUT2D eigenvalue weighted by Gasteiger charge is -2.05. The van der Waals surface area contributed by atoms with Crippen molar-refractivity contribution in [1.82, 2.24) is 5.32 Å². The second kappa shape index (κ2) is 10.1. The molecule has 24 heavy (non-hydrogen) atoms. The Balaban J connectivity index is 1.70. The van der Waals surface area contributed by atoms with E-state index in [9.17, 15) is 4.79 Å². The number of thioether (sulfide) groups is 1. The van der Waals surface area contributed by atoms with Crippen LogP contribution in [-0.4, -0.2) is 25.3 Å². The first-order valence-electron chi connectivity index (χ1n) is 7.61. The van der Waals surface area contributed by atoms with Gasteiger partial charge in [0.1, 0.15) is 5.75 Å². The van der Waals surface area contributed by atoms with Crippen molar-refractivity contribution < 1.29 is 9.53 Å². The lowest BCUT2D eigenvalue weighted by Crippen LogP contribution is -2.23. The van der Waals surface area contributed by atoms with Gasteiger partial charge in [-0.15, -0.1) is 0 Å². The van der Waals surface area contributed by atoms with Crippen LogP contribution in [-0.2, 0) is 10.5 Å². The number of halogens is 1. The topological polar surface area (TPSA) is 38.3 Å². The molecule has 0 aliphatic rings. The third kappa shape index (κ3) is 5.95. The average molecular weight is 362 g/mol. The van der Waals surface area contributed by atoms with Gasteiger partial charge in [-0.1, -0.05) is 48.0 Å². The number of methoxy groups -OCH3 is 1. The third-order valence-corrected chi connectivity index (χ3v) is 4.69. The van der Waals surface area contributed by atoms with E-state index < -0.39 is 0 Å². The van der Waals surface area contributed by atoms with Crippen molar-refractivity contribution in [3.63, 3.8) is 0 Å². The molecule has 3 nitrogen and oxygen atoms in total. The molecule has 5 heteroatoms. The van der Waals surface area contributed by atoms with Gasteiger partial charge in [0.15, 0.2) is 0 Å². The van der Waals surface area contributed by atoms with E-state index in [4.69, 9.17) is 16.3 Å². The van der Waals surface area contributed by atoms with E-state index in [1.165, 1.54) is 6.08 Å². The summed E-state index contributed by atoms with van der Waals surface area (Å²) < 4.78 is 5.25. The van der Waals surface area contributed by atoms with Crippen LogP contribution < -0.4 is 10.1 Å². The van der Waals surface area contributed by atoms with Gasteiger partial charge < -0.3 is 10.1 Å². The van der Waals surface area contributed by atoms with Gasteiger partial charge in [-0.05, 0) is 23.8 Å². The fourth-order valence-corrected chi connectivity index (χ4v) is 3.22. The molecule has 2 rings (SSSR count). The molecule has 2 aromatic rings. The Morgan fingerprint density at radius 2 is 1.96 bits per heavy atom. The summed E-state index contributed by atoms with van der Waals surface area (Å²) in [6, 6.07) is 15.4. The number of ether oxygens (including phenoxy) is 1. The first-order valence-corrected chi connectivity index (χ1v) is 9.14. The molecule has 0 unspecified atom stereocenters. The summed E-state index contributed by atoms with van der Waals surface area (Å²) >= 11 is 7.85. The second-order valence-corrected chi connectivity index (χ2v) is 6.52. The first-order chi connectivity index (χ1) is 11.7. The van der Waals surface area contributed by atoms with Crippen molar-refractivity contribution in [1.29, 1.82) is 0 Å². The maximum Gasteiger partial charge on any atom is 0.244 e. The number of carbonyl (C=O) groups is 1. The van der Waals surface area contributed by atoms with Gasteiger partial charge >= 0.3 is 0 Å². The molecule has 0 saturated heterocycles. The van der Waals surface area contributed by atoms with Crippen molar-refractivity contribution >= 4 is 35.3 Å². The summed E-state index contributed by atoms with van der Waals surface area (Å²) in [7, 11) is 1.61. The summed E-state index contributed by atoms with van der Waals surface area (Å²) in [6.07, 6.45) is 3.28. The Morgan fingerprint density at radius 1 is 1.21 bits per heavy atom. The van der Waals surface area contributed by atoms with Gasteiger partial charge in [0.2, 0.25) is 5.91 Å². The highest BCUT2D eigenvalue weighted by Crippen LogP contribution is 2.20. The maximum atomic E-state index is 11.8. The smallest absolute Gasteiger partial charge is 0.244 e. The molecule has 0 aliphatic heterocycles. The van der Waals surface area contributed by atoms with Crippen LogP contribution in [0.4, 0.5) is 0 Å². The molecule has 0 aromatic heterocycles. The molecule has 0 bridgehead atoms. The molecule has 0 atom stereocenters. The number of carbonyl (C=O) groups excluding carboxylic acids is 1. The number of hydrogen-bond donors (Lipinski definition) is 1. The Bertz CT molecular complexity index is 703. The number of para-hydroxylation sites is 1. The minimum atomic E-state index is -0.112. The summed E-state index contributed by atoms with van der Waals surface area (Å²) in [5.41, 5.74) is 2.00. The molecule has 0 saturated carbocycles. The third-order valence-electron chi connectivity index (χ3n) is 3.31. The zero-order valence-electron chi connectivity index (χ0n) is 13.5. The standard InChI is InChI=1S/C19H20ClNO2S/c1-23-18-9-5-3-6-15(18)10-11-19(22)21-12-13-24-14-16-7-2-4-8-17(16)20/h2-11H,12-14H2,1H3,(H,21,22)/b11-10+. The van der Waals surface area contributed by atoms with E-state index in [-0.39, 0.29) is 5.91 Å². The zero-order chi connectivity index (χ0) is 17.2. The van der Waals surface area contributed by atoms with Crippen LogP contribution in [0.1, 0.15) is 11.1 Å². The summed E-state index contributed by atoms with van der Waals surface area (Å²) in [6.45, 7) is 0.615. The molecule has 2 aromatic carbocycles. The average Bonchev–Trinajstić information content (AvgIpc) is 2.61. The molecule has 126 valence electrons. The lowest BCUT2D eigenvalue weighted by atomic mass is 10.2. The highest BCUT2D eigenvalue weighted by atomic mass is 35.5. The predicted octanol–water partition coefficient (Wildman–Crippen LogP) is 4.41. The zero-order valence-corrected chi connectivity index (χ0v) is 15.1. The van der Waals surface area contributed by atoms with Crippen LogP contribution in [0, 0.1) is 0 Å². The highest BCUT2D eigenvalue weighted by molar-refractivity contribution is 7.98. The molecule has 0 radical (unpaired) electrons. The van der Waals surface area contributed by atoms with Gasteiger partial charge in [0, 0.05) is 34.7 Å². The quantitative estimate of drug-likeness (QED) is 0.559. The van der Waals surface area contributed by atoms with Gasteiger partial charge in [-0.3, -0.25) is 4.79 Å². The van der Waals surface area contributed by atoms with Crippen LogP contribution in [0.5, 0.6) is 5.75 Å². The van der Waals surface area contributed by atoms with Gasteiger partial charge in [0.25, 0.3) is 0 Å². The van der Waals surface area contributed by atoms with E-state index in [2.05, 4.69) is 5.32 Å². The number of rotatable bonds is 8. The van der Waals surface area contributed by atoms with E-state index in [1.54, 1.807) is 24.9 Å². The first kappa shape index (κ1) is 18.4. The Kier molecular flexibility index (Phi) is 7.72. The second-order valence-electron chi connectivity index (χ2n) is 5.01.